The molecule has 6 nitrogen and oxygen atoms in total. The second-order valence-corrected chi connectivity index (χ2v) is 8.46. The number of carboxylic acids is 1. The molecule has 1 aromatic heterocycles. The number of hydrogen-bond acceptors (Lipinski definition) is 4. The Morgan fingerprint density at radius 2 is 1.82 bits per heavy atom. The maximum Gasteiger partial charge on any atom is 0.347 e. The van der Waals surface area contributed by atoms with Gasteiger partial charge in [0.2, 0.25) is 0 Å². The van der Waals surface area contributed by atoms with Gasteiger partial charge in [0.1, 0.15) is 17.3 Å². The van der Waals surface area contributed by atoms with E-state index in [2.05, 4.69) is 18.9 Å². The number of rotatable bonds is 8. The normalized spacial score (nSPS) is 11.8. The first-order valence-electron chi connectivity index (χ1n) is 11.0. The summed E-state index contributed by atoms with van der Waals surface area (Å²) in [7, 11) is 0. The van der Waals surface area contributed by atoms with Crippen molar-refractivity contribution >= 4 is 5.97 Å². The molecule has 1 unspecified atom stereocenters. The second kappa shape index (κ2) is 11.5. The van der Waals surface area contributed by atoms with Crippen LogP contribution in [0.2, 0.25) is 0 Å². The minimum absolute atomic E-state index is 0.0846. The van der Waals surface area contributed by atoms with E-state index >= 15 is 0 Å². The van der Waals surface area contributed by atoms with E-state index in [1.54, 1.807) is 35.1 Å². The Labute approximate surface area is 195 Å². The van der Waals surface area contributed by atoms with Gasteiger partial charge < -0.3 is 14.6 Å². The quantitative estimate of drug-likeness (QED) is 0.439. The van der Waals surface area contributed by atoms with Gasteiger partial charge in [0.15, 0.2) is 5.60 Å². The van der Waals surface area contributed by atoms with E-state index in [-0.39, 0.29) is 11.7 Å². The summed E-state index contributed by atoms with van der Waals surface area (Å²) in [6.45, 7) is 11.6. The van der Waals surface area contributed by atoms with Crippen LogP contribution >= 0.6 is 0 Å². The Morgan fingerprint density at radius 1 is 1.18 bits per heavy atom. The van der Waals surface area contributed by atoms with Gasteiger partial charge in [-0.2, -0.15) is 5.10 Å². The number of benzene rings is 2. The second-order valence-electron chi connectivity index (χ2n) is 8.46. The third kappa shape index (κ3) is 7.34. The van der Waals surface area contributed by atoms with Crippen molar-refractivity contribution in [2.45, 2.75) is 59.5 Å². The van der Waals surface area contributed by atoms with E-state index in [9.17, 15) is 14.3 Å². The van der Waals surface area contributed by atoms with Gasteiger partial charge in [-0.15, -0.1) is 0 Å². The number of carboxylic acid groups (broad SMARTS) is 1. The summed E-state index contributed by atoms with van der Waals surface area (Å²) in [6, 6.07) is 11.4. The van der Waals surface area contributed by atoms with Crippen molar-refractivity contribution in [1.29, 1.82) is 0 Å². The number of carbonyl (C=O) groups is 1. The molecule has 33 heavy (non-hydrogen) atoms. The van der Waals surface area contributed by atoms with Crippen LogP contribution in [0.1, 0.15) is 58.1 Å². The van der Waals surface area contributed by atoms with Crippen molar-refractivity contribution in [2.75, 3.05) is 6.61 Å². The SMILES string of the molecule is CCC.Cc1cc(OCC(C)c2cnn(-c3ccc(F)cc3)c2)ccc1OC(C)(C)C(=O)O. The number of nitrogens with zero attached hydrogens (tertiary/aromatic N) is 2. The fraction of sp³-hybridized carbons (Fsp3) is 0.385. The topological polar surface area (TPSA) is 73.6 Å². The predicted molar refractivity (Wildman–Crippen MR) is 127 cm³/mol. The summed E-state index contributed by atoms with van der Waals surface area (Å²) < 4.78 is 26.3. The molecular formula is C26H33FN2O4. The summed E-state index contributed by atoms with van der Waals surface area (Å²) in [4.78, 5) is 11.2. The molecule has 3 aromatic rings. The fourth-order valence-corrected chi connectivity index (χ4v) is 2.79. The smallest absolute Gasteiger partial charge is 0.347 e. The average molecular weight is 457 g/mol. The molecule has 0 spiro atoms. The molecule has 1 heterocycles. The fourth-order valence-electron chi connectivity index (χ4n) is 2.79. The van der Waals surface area contributed by atoms with E-state index < -0.39 is 11.6 Å². The molecule has 2 aromatic carbocycles. The molecule has 0 fully saturated rings. The lowest BCUT2D eigenvalue weighted by Crippen LogP contribution is -2.38. The first-order chi connectivity index (χ1) is 15.6. The van der Waals surface area contributed by atoms with Crippen LogP contribution in [-0.2, 0) is 4.79 Å². The highest BCUT2D eigenvalue weighted by Crippen LogP contribution is 2.28. The Morgan fingerprint density at radius 3 is 2.39 bits per heavy atom. The molecule has 0 aliphatic heterocycles. The molecule has 0 radical (unpaired) electrons. The average Bonchev–Trinajstić information content (AvgIpc) is 3.25. The number of aryl methyl sites for hydroxylation is 1. The van der Waals surface area contributed by atoms with Crippen molar-refractivity contribution < 1.29 is 23.8 Å². The Hall–Kier alpha value is -3.35. The lowest BCUT2D eigenvalue weighted by molar-refractivity contribution is -0.152. The van der Waals surface area contributed by atoms with Crippen LogP contribution in [0, 0.1) is 12.7 Å². The zero-order valence-electron chi connectivity index (χ0n) is 20.1. The summed E-state index contributed by atoms with van der Waals surface area (Å²) in [5.41, 5.74) is 1.26. The monoisotopic (exact) mass is 456 g/mol. The van der Waals surface area contributed by atoms with Crippen molar-refractivity contribution in [3.8, 4) is 17.2 Å². The summed E-state index contributed by atoms with van der Waals surface area (Å²) in [5.74, 6) is -0.0566. The molecule has 0 saturated carbocycles. The molecule has 0 aliphatic rings. The van der Waals surface area contributed by atoms with Gasteiger partial charge in [-0.1, -0.05) is 27.2 Å². The predicted octanol–water partition coefficient (Wildman–Crippen LogP) is 6.16. The van der Waals surface area contributed by atoms with Gasteiger partial charge in [-0.3, -0.25) is 0 Å². The molecule has 0 amide bonds. The van der Waals surface area contributed by atoms with Crippen molar-refractivity contribution in [2.24, 2.45) is 0 Å². The van der Waals surface area contributed by atoms with E-state index in [1.165, 1.54) is 32.4 Å². The van der Waals surface area contributed by atoms with Crippen LogP contribution in [0.4, 0.5) is 4.39 Å². The molecule has 3 rings (SSSR count). The van der Waals surface area contributed by atoms with E-state index in [0.717, 1.165) is 16.8 Å². The van der Waals surface area contributed by atoms with Crippen molar-refractivity contribution in [3.63, 3.8) is 0 Å². The van der Waals surface area contributed by atoms with Gasteiger partial charge in [0.25, 0.3) is 0 Å². The largest absolute Gasteiger partial charge is 0.493 e. The highest BCUT2D eigenvalue weighted by Gasteiger charge is 2.29. The van der Waals surface area contributed by atoms with Crippen LogP contribution in [0.25, 0.3) is 5.69 Å². The van der Waals surface area contributed by atoms with Crippen LogP contribution in [0.15, 0.2) is 54.9 Å². The molecule has 0 saturated heterocycles. The standard InChI is InChI=1S/C23H25FN2O4.C3H8/c1-15-11-20(9-10-21(15)30-23(3,4)22(27)28)29-14-16(2)17-12-25-26(13-17)19-7-5-18(24)6-8-19;1-3-2/h5-13,16H,14H2,1-4H3,(H,27,28);3H2,1-2H3. The first-order valence-corrected chi connectivity index (χ1v) is 11.0. The molecule has 0 bridgehead atoms. The Bertz CT molecular complexity index is 1040. The number of aromatic nitrogens is 2. The van der Waals surface area contributed by atoms with Crippen LogP contribution in [-0.4, -0.2) is 33.1 Å². The highest BCUT2D eigenvalue weighted by atomic mass is 19.1. The highest BCUT2D eigenvalue weighted by molar-refractivity contribution is 5.76. The summed E-state index contributed by atoms with van der Waals surface area (Å²) >= 11 is 0. The third-order valence-corrected chi connectivity index (χ3v) is 4.79. The van der Waals surface area contributed by atoms with Gasteiger partial charge in [-0.25, -0.2) is 13.9 Å². The first kappa shape index (κ1) is 25.9. The Kier molecular flexibility index (Phi) is 9.02. The third-order valence-electron chi connectivity index (χ3n) is 4.79. The van der Waals surface area contributed by atoms with Crippen LogP contribution in [0.5, 0.6) is 11.5 Å². The molecule has 0 aliphatic carbocycles. The van der Waals surface area contributed by atoms with Crippen molar-refractivity contribution in [1.82, 2.24) is 9.78 Å². The van der Waals surface area contributed by atoms with Crippen molar-refractivity contribution in [3.05, 3.63) is 71.8 Å². The maximum atomic E-state index is 13.1. The summed E-state index contributed by atoms with van der Waals surface area (Å²) in [6.07, 6.45) is 4.92. The zero-order chi connectivity index (χ0) is 24.6. The van der Waals surface area contributed by atoms with E-state index in [0.29, 0.717) is 18.1 Å². The Balaban J connectivity index is 0.00000122. The molecule has 7 heteroatoms. The van der Waals surface area contributed by atoms with E-state index in [4.69, 9.17) is 9.47 Å². The zero-order valence-corrected chi connectivity index (χ0v) is 20.1. The lowest BCUT2D eigenvalue weighted by Gasteiger charge is -2.23. The minimum atomic E-state index is -1.31. The number of hydrogen-bond donors (Lipinski definition) is 1. The molecule has 178 valence electrons. The molecule has 1 atom stereocenters. The van der Waals surface area contributed by atoms with Crippen LogP contribution < -0.4 is 9.47 Å². The lowest BCUT2D eigenvalue weighted by atomic mass is 10.1. The van der Waals surface area contributed by atoms with Crippen LogP contribution in [0.3, 0.4) is 0 Å². The maximum absolute atomic E-state index is 13.1. The van der Waals surface area contributed by atoms with Gasteiger partial charge >= 0.3 is 5.97 Å². The van der Waals surface area contributed by atoms with Gasteiger partial charge in [0.05, 0.1) is 18.5 Å². The molecule has 1 N–H and O–H groups in total. The number of ether oxygens (including phenoxy) is 2. The van der Waals surface area contributed by atoms with Gasteiger partial charge in [-0.05, 0) is 74.4 Å². The molecular weight excluding hydrogens is 423 g/mol. The van der Waals surface area contributed by atoms with Gasteiger partial charge in [0, 0.05) is 12.1 Å². The van der Waals surface area contributed by atoms with E-state index in [1.807, 2.05) is 26.1 Å². The number of aliphatic carboxylic acids is 1. The summed E-state index contributed by atoms with van der Waals surface area (Å²) in [5, 5.41) is 13.6. The number of halogens is 1. The minimum Gasteiger partial charge on any atom is -0.493 e.